The quantitative estimate of drug-likeness (QED) is 0.784. The average Bonchev–Trinajstić information content (AvgIpc) is 2.91. The van der Waals surface area contributed by atoms with Gasteiger partial charge in [0.05, 0.1) is 0 Å². The Bertz CT molecular complexity index is 847. The minimum atomic E-state index is -2.21. The van der Waals surface area contributed by atoms with Crippen molar-refractivity contribution >= 4 is 17.3 Å². The lowest BCUT2D eigenvalue weighted by atomic mass is 9.43. The summed E-state index contributed by atoms with van der Waals surface area (Å²) in [4.78, 5) is 37.5. The maximum Gasteiger partial charge on any atom is 0.195 e. The Morgan fingerprint density at radius 2 is 1.96 bits per heavy atom. The van der Waals surface area contributed by atoms with Gasteiger partial charge in [-0.2, -0.15) is 0 Å². The second-order valence-corrected chi connectivity index (χ2v) is 9.57. The van der Waals surface area contributed by atoms with Gasteiger partial charge < -0.3 is 5.11 Å². The van der Waals surface area contributed by atoms with Crippen LogP contribution in [-0.2, 0) is 14.4 Å². The molecule has 0 amide bonds. The Morgan fingerprint density at radius 1 is 1.29 bits per heavy atom. The highest BCUT2D eigenvalue weighted by Crippen LogP contribution is 2.69. The molecular formula is C22H26F2O4. The fourth-order valence-electron chi connectivity index (χ4n) is 6.90. The lowest BCUT2D eigenvalue weighted by Gasteiger charge is -2.60. The second-order valence-electron chi connectivity index (χ2n) is 9.57. The van der Waals surface area contributed by atoms with Crippen molar-refractivity contribution < 1.29 is 28.3 Å². The van der Waals surface area contributed by atoms with Gasteiger partial charge in [0, 0.05) is 23.2 Å². The van der Waals surface area contributed by atoms with Crippen LogP contribution in [0.1, 0.15) is 46.5 Å². The number of rotatable bonds is 2. The number of aliphatic hydroxyl groups is 1. The summed E-state index contributed by atoms with van der Waals surface area (Å²) in [6, 6.07) is 0. The first-order valence-corrected chi connectivity index (χ1v) is 9.95. The zero-order chi connectivity index (χ0) is 20.7. The van der Waals surface area contributed by atoms with E-state index in [4.69, 9.17) is 0 Å². The van der Waals surface area contributed by atoms with Crippen LogP contribution in [0.4, 0.5) is 8.78 Å². The summed E-state index contributed by atoms with van der Waals surface area (Å²) in [6.45, 7) is 3.91. The maximum absolute atomic E-state index is 16.8. The molecule has 1 N–H and O–H groups in total. The number of alkyl halides is 2. The van der Waals surface area contributed by atoms with E-state index < -0.39 is 52.2 Å². The van der Waals surface area contributed by atoms with Crippen LogP contribution in [0.3, 0.4) is 0 Å². The van der Waals surface area contributed by atoms with Crippen LogP contribution in [0.25, 0.3) is 0 Å². The molecule has 0 heterocycles. The maximum atomic E-state index is 16.8. The van der Waals surface area contributed by atoms with Crippen LogP contribution in [0.2, 0.25) is 0 Å². The first-order valence-electron chi connectivity index (χ1n) is 9.95. The van der Waals surface area contributed by atoms with Crippen molar-refractivity contribution in [1.82, 2.24) is 0 Å². The summed E-state index contributed by atoms with van der Waals surface area (Å²) in [5, 5.41) is 11.1. The van der Waals surface area contributed by atoms with E-state index in [0.717, 1.165) is 0 Å². The zero-order valence-electron chi connectivity index (χ0n) is 16.4. The van der Waals surface area contributed by atoms with Crippen LogP contribution in [0.15, 0.2) is 23.8 Å². The Labute approximate surface area is 163 Å². The van der Waals surface area contributed by atoms with E-state index in [1.807, 2.05) is 6.92 Å². The van der Waals surface area contributed by atoms with E-state index in [0.29, 0.717) is 18.4 Å². The Kier molecular flexibility index (Phi) is 3.98. The van der Waals surface area contributed by atoms with Crippen molar-refractivity contribution in [2.45, 2.75) is 57.7 Å². The number of carbonyl (C=O) groups is 3. The highest BCUT2D eigenvalue weighted by atomic mass is 19.1. The molecule has 4 aliphatic rings. The molecule has 0 radical (unpaired) electrons. The molecule has 152 valence electrons. The topological polar surface area (TPSA) is 71.4 Å². The molecule has 28 heavy (non-hydrogen) atoms. The van der Waals surface area contributed by atoms with Crippen molar-refractivity contribution in [3.05, 3.63) is 23.8 Å². The summed E-state index contributed by atoms with van der Waals surface area (Å²) in [5.74, 6) is -3.03. The van der Waals surface area contributed by atoms with Gasteiger partial charge in [0.1, 0.15) is 5.60 Å². The standard InChI is InChI=1S/C22H26F2O4/c1-12-8-16-14-5-7-21(28,18(27)11-23)20(14,3)10-17(26)22(16,24)19(2)6-4-13(25)9-15(12)19/h4,6,9,12,14,16,28H,5,7-8,10-11H2,1-3H3/t12-,14-,16-,19-,20-,21-,22-/m0/s1. The molecule has 0 bridgehead atoms. The van der Waals surface area contributed by atoms with Gasteiger partial charge in [-0.15, -0.1) is 0 Å². The predicted octanol–water partition coefficient (Wildman–Crippen LogP) is 3.08. The van der Waals surface area contributed by atoms with E-state index in [2.05, 4.69) is 0 Å². The van der Waals surface area contributed by atoms with Crippen LogP contribution in [0.5, 0.6) is 0 Å². The molecule has 4 aliphatic carbocycles. The smallest absolute Gasteiger partial charge is 0.195 e. The van der Waals surface area contributed by atoms with E-state index in [1.54, 1.807) is 13.8 Å². The molecule has 0 spiro atoms. The van der Waals surface area contributed by atoms with Crippen LogP contribution in [-0.4, -0.2) is 40.4 Å². The SMILES string of the molecule is C[C@H]1C[C@H]2[C@@H]3CC[C@](O)(C(=O)CF)[C@@]3(C)CC(=O)[C@]2(F)[C@@]2(C)C=CC(=O)C=C12. The fourth-order valence-corrected chi connectivity index (χ4v) is 6.90. The molecule has 0 aromatic rings. The highest BCUT2D eigenvalue weighted by Gasteiger charge is 2.74. The molecule has 0 aliphatic heterocycles. The first kappa shape index (κ1) is 19.6. The first-order chi connectivity index (χ1) is 13.0. The monoisotopic (exact) mass is 392 g/mol. The van der Waals surface area contributed by atoms with Crippen molar-refractivity contribution in [1.29, 1.82) is 0 Å². The van der Waals surface area contributed by atoms with Crippen LogP contribution >= 0.6 is 0 Å². The third-order valence-corrected chi connectivity index (χ3v) is 8.47. The minimum Gasteiger partial charge on any atom is -0.381 e. The van der Waals surface area contributed by atoms with Crippen LogP contribution in [0, 0.1) is 28.6 Å². The largest absolute Gasteiger partial charge is 0.381 e. The number of fused-ring (bicyclic) bond motifs is 5. The number of hydrogen-bond donors (Lipinski definition) is 1. The molecule has 7 atom stereocenters. The van der Waals surface area contributed by atoms with Gasteiger partial charge in [0.25, 0.3) is 0 Å². The molecule has 0 aromatic heterocycles. The normalized spacial score (nSPS) is 49.9. The average molecular weight is 392 g/mol. The summed E-state index contributed by atoms with van der Waals surface area (Å²) in [7, 11) is 0. The third kappa shape index (κ3) is 2.00. The Hall–Kier alpha value is -1.69. The van der Waals surface area contributed by atoms with Crippen molar-refractivity contribution in [2.24, 2.45) is 28.6 Å². The lowest BCUT2D eigenvalue weighted by Crippen LogP contribution is -2.68. The molecule has 3 saturated carbocycles. The molecule has 6 heteroatoms. The van der Waals surface area contributed by atoms with Gasteiger partial charge in [-0.3, -0.25) is 14.4 Å². The Balaban J connectivity index is 1.86. The van der Waals surface area contributed by atoms with Crippen molar-refractivity contribution in [2.75, 3.05) is 6.67 Å². The number of ketones is 3. The van der Waals surface area contributed by atoms with Gasteiger partial charge in [0.15, 0.2) is 29.7 Å². The summed E-state index contributed by atoms with van der Waals surface area (Å²) >= 11 is 0. The van der Waals surface area contributed by atoms with Gasteiger partial charge in [0.2, 0.25) is 0 Å². The van der Waals surface area contributed by atoms with E-state index in [1.165, 1.54) is 18.2 Å². The fraction of sp³-hybridized carbons (Fsp3) is 0.682. The lowest BCUT2D eigenvalue weighted by molar-refractivity contribution is -0.185. The van der Waals surface area contributed by atoms with E-state index in [9.17, 15) is 23.9 Å². The molecule has 4 nitrogen and oxygen atoms in total. The number of allylic oxidation sites excluding steroid dienone is 4. The molecule has 0 unspecified atom stereocenters. The molecular weight excluding hydrogens is 366 g/mol. The number of hydrogen-bond acceptors (Lipinski definition) is 4. The minimum absolute atomic E-state index is 0.0406. The number of Topliss-reactive ketones (excluding diaryl/α,β-unsaturated/α-hetero) is 2. The van der Waals surface area contributed by atoms with Gasteiger partial charge in [-0.1, -0.05) is 25.5 Å². The van der Waals surface area contributed by atoms with Crippen LogP contribution < -0.4 is 0 Å². The van der Waals surface area contributed by atoms with E-state index >= 15 is 4.39 Å². The summed E-state index contributed by atoms with van der Waals surface area (Å²) < 4.78 is 30.0. The molecule has 3 fully saturated rings. The van der Waals surface area contributed by atoms with Gasteiger partial charge in [-0.25, -0.2) is 8.78 Å². The highest BCUT2D eigenvalue weighted by molar-refractivity contribution is 6.03. The molecule has 0 saturated heterocycles. The number of carbonyl (C=O) groups excluding carboxylic acids is 3. The Morgan fingerprint density at radius 3 is 2.61 bits per heavy atom. The second kappa shape index (κ2) is 5.68. The summed E-state index contributed by atoms with van der Waals surface area (Å²) in [6.07, 6.45) is 4.73. The van der Waals surface area contributed by atoms with Crippen molar-refractivity contribution in [3.8, 4) is 0 Å². The molecule has 4 rings (SSSR count). The number of halogens is 2. The van der Waals surface area contributed by atoms with Crippen molar-refractivity contribution in [3.63, 3.8) is 0 Å². The predicted molar refractivity (Wildman–Crippen MR) is 97.8 cm³/mol. The third-order valence-electron chi connectivity index (χ3n) is 8.47. The van der Waals surface area contributed by atoms with E-state index in [-0.39, 0.29) is 24.5 Å². The van der Waals surface area contributed by atoms with Gasteiger partial charge in [-0.05, 0) is 50.2 Å². The molecule has 0 aromatic carbocycles. The zero-order valence-corrected chi connectivity index (χ0v) is 16.4. The van der Waals surface area contributed by atoms with Gasteiger partial charge >= 0.3 is 0 Å². The summed E-state index contributed by atoms with van der Waals surface area (Å²) in [5.41, 5.74) is -5.94.